The lowest BCUT2D eigenvalue weighted by Crippen LogP contribution is -2.51. The van der Waals surface area contributed by atoms with Crippen LogP contribution in [0.4, 0.5) is 4.79 Å². The number of rotatable bonds is 2. The number of hydrogen-bond donors (Lipinski definition) is 2. The summed E-state index contributed by atoms with van der Waals surface area (Å²) in [5.74, 6) is 0.624. The Morgan fingerprint density at radius 2 is 2.12 bits per heavy atom. The summed E-state index contributed by atoms with van der Waals surface area (Å²) in [6.07, 6.45) is 4.14. The first-order valence-electron chi connectivity index (χ1n) is 6.75. The van der Waals surface area contributed by atoms with E-state index < -0.39 is 0 Å². The molecule has 2 fully saturated rings. The number of likely N-dealkylation sites (tertiary alicyclic amines) is 1. The van der Waals surface area contributed by atoms with E-state index in [1.165, 1.54) is 0 Å². The fourth-order valence-electron chi connectivity index (χ4n) is 2.98. The highest BCUT2D eigenvalue weighted by molar-refractivity contribution is 5.75. The molecule has 1 heterocycles. The van der Waals surface area contributed by atoms with Crippen molar-refractivity contribution in [3.05, 3.63) is 0 Å². The predicted molar refractivity (Wildman–Crippen MR) is 68.7 cm³/mol. The average molecular weight is 239 g/mol. The molecule has 3 atom stereocenters. The van der Waals surface area contributed by atoms with Gasteiger partial charge in [-0.2, -0.15) is 0 Å². The van der Waals surface area contributed by atoms with Gasteiger partial charge in [-0.3, -0.25) is 0 Å². The van der Waals surface area contributed by atoms with E-state index in [1.54, 1.807) is 0 Å². The highest BCUT2D eigenvalue weighted by Crippen LogP contribution is 2.35. The van der Waals surface area contributed by atoms with Gasteiger partial charge in [0.15, 0.2) is 0 Å². The zero-order valence-electron chi connectivity index (χ0n) is 11.2. The number of amides is 2. The normalized spacial score (nSPS) is 32.7. The quantitative estimate of drug-likeness (QED) is 0.770. The van der Waals surface area contributed by atoms with Crippen LogP contribution in [-0.2, 0) is 0 Å². The molecule has 17 heavy (non-hydrogen) atoms. The molecule has 98 valence electrons. The van der Waals surface area contributed by atoms with Crippen LogP contribution in [0.3, 0.4) is 0 Å². The Bertz CT molecular complexity index is 303. The van der Waals surface area contributed by atoms with Crippen LogP contribution < -0.4 is 11.1 Å². The second-order valence-corrected chi connectivity index (χ2v) is 6.31. The predicted octanol–water partition coefficient (Wildman–Crippen LogP) is 1.70. The maximum atomic E-state index is 12.2. The first-order chi connectivity index (χ1) is 7.91. The van der Waals surface area contributed by atoms with Gasteiger partial charge in [0, 0.05) is 24.2 Å². The van der Waals surface area contributed by atoms with Crippen LogP contribution in [0.15, 0.2) is 0 Å². The fourth-order valence-corrected chi connectivity index (χ4v) is 2.98. The van der Waals surface area contributed by atoms with Crippen molar-refractivity contribution >= 4 is 6.03 Å². The van der Waals surface area contributed by atoms with Crippen LogP contribution in [0, 0.1) is 5.92 Å². The minimum Gasteiger partial charge on any atom is -0.333 e. The molecule has 1 saturated heterocycles. The summed E-state index contributed by atoms with van der Waals surface area (Å²) in [7, 11) is 0. The lowest BCUT2D eigenvalue weighted by Gasteiger charge is -2.31. The number of nitrogens with one attached hydrogen (secondary N) is 1. The highest BCUT2D eigenvalue weighted by Gasteiger charge is 2.41. The van der Waals surface area contributed by atoms with Gasteiger partial charge in [-0.15, -0.1) is 0 Å². The molecular formula is C13H25N3O. The van der Waals surface area contributed by atoms with Crippen molar-refractivity contribution in [1.82, 2.24) is 10.2 Å². The summed E-state index contributed by atoms with van der Waals surface area (Å²) in [5.41, 5.74) is 5.90. The van der Waals surface area contributed by atoms with Gasteiger partial charge in [0.25, 0.3) is 0 Å². The third-order valence-corrected chi connectivity index (χ3v) is 4.30. The summed E-state index contributed by atoms with van der Waals surface area (Å²) in [5, 5.41) is 3.12. The fraction of sp³-hybridized carbons (Fsp3) is 0.923. The molecule has 2 bridgehead atoms. The zero-order chi connectivity index (χ0) is 12.6. The standard InChI is InChI=1S/C13H25N3O/c1-4-13(2,3)15-12(17)16-8-9-5-10(14)7-11(16)6-9/h9-11H,4-8,14H2,1-3H3,(H,15,17). The smallest absolute Gasteiger partial charge is 0.318 e. The van der Waals surface area contributed by atoms with Crippen molar-refractivity contribution in [2.45, 2.75) is 64.1 Å². The minimum absolute atomic E-state index is 0.0958. The third-order valence-electron chi connectivity index (χ3n) is 4.30. The molecular weight excluding hydrogens is 214 g/mol. The number of hydrogen-bond acceptors (Lipinski definition) is 2. The maximum absolute atomic E-state index is 12.2. The lowest BCUT2D eigenvalue weighted by atomic mass is 9.87. The van der Waals surface area contributed by atoms with Gasteiger partial charge in [-0.05, 0) is 45.4 Å². The minimum atomic E-state index is -0.115. The van der Waals surface area contributed by atoms with Gasteiger partial charge in [0.2, 0.25) is 0 Å². The Morgan fingerprint density at radius 3 is 2.76 bits per heavy atom. The second kappa shape index (κ2) is 4.48. The van der Waals surface area contributed by atoms with Gasteiger partial charge < -0.3 is 16.0 Å². The number of nitrogens with two attached hydrogens (primary N) is 1. The van der Waals surface area contributed by atoms with Gasteiger partial charge >= 0.3 is 6.03 Å². The molecule has 0 aromatic heterocycles. The van der Waals surface area contributed by atoms with Gasteiger partial charge in [-0.25, -0.2) is 4.79 Å². The SMILES string of the molecule is CCC(C)(C)NC(=O)N1CC2CC(N)CC1C2. The molecule has 1 aliphatic carbocycles. The molecule has 2 rings (SSSR count). The Labute approximate surface area is 104 Å². The van der Waals surface area contributed by atoms with Crippen LogP contribution in [0.5, 0.6) is 0 Å². The number of nitrogens with zero attached hydrogens (tertiary/aromatic N) is 1. The molecule has 0 aromatic rings. The lowest BCUT2D eigenvalue weighted by molar-refractivity contribution is 0.178. The molecule has 3 N–H and O–H groups in total. The van der Waals surface area contributed by atoms with E-state index in [9.17, 15) is 4.79 Å². The van der Waals surface area contributed by atoms with Crippen molar-refractivity contribution in [1.29, 1.82) is 0 Å². The summed E-state index contributed by atoms with van der Waals surface area (Å²) in [6, 6.07) is 0.755. The Hall–Kier alpha value is -0.770. The molecule has 0 radical (unpaired) electrons. The van der Waals surface area contributed by atoms with Gasteiger partial charge in [-0.1, -0.05) is 6.92 Å². The summed E-state index contributed by atoms with van der Waals surface area (Å²) >= 11 is 0. The number of carbonyl (C=O) groups is 1. The van der Waals surface area contributed by atoms with Crippen molar-refractivity contribution in [2.24, 2.45) is 11.7 Å². The van der Waals surface area contributed by atoms with Crippen molar-refractivity contribution in [2.75, 3.05) is 6.54 Å². The molecule has 1 saturated carbocycles. The molecule has 0 aromatic carbocycles. The first-order valence-corrected chi connectivity index (χ1v) is 6.75. The van der Waals surface area contributed by atoms with E-state index in [1.807, 2.05) is 4.90 Å². The highest BCUT2D eigenvalue weighted by atomic mass is 16.2. The van der Waals surface area contributed by atoms with Crippen molar-refractivity contribution in [3.63, 3.8) is 0 Å². The van der Waals surface area contributed by atoms with Crippen molar-refractivity contribution in [3.8, 4) is 0 Å². The molecule has 3 unspecified atom stereocenters. The van der Waals surface area contributed by atoms with Crippen LogP contribution in [0.1, 0.15) is 46.5 Å². The van der Waals surface area contributed by atoms with Crippen LogP contribution in [0.25, 0.3) is 0 Å². The average Bonchev–Trinajstić information content (AvgIpc) is 2.53. The number of urea groups is 1. The Balaban J connectivity index is 1.97. The van der Waals surface area contributed by atoms with E-state index in [0.29, 0.717) is 12.0 Å². The van der Waals surface area contributed by atoms with E-state index in [4.69, 9.17) is 5.73 Å². The molecule has 0 spiro atoms. The van der Waals surface area contributed by atoms with Crippen LogP contribution >= 0.6 is 0 Å². The largest absolute Gasteiger partial charge is 0.333 e. The van der Waals surface area contributed by atoms with Crippen molar-refractivity contribution < 1.29 is 4.79 Å². The third kappa shape index (κ3) is 2.73. The van der Waals surface area contributed by atoms with Crippen LogP contribution in [0.2, 0.25) is 0 Å². The maximum Gasteiger partial charge on any atom is 0.318 e. The summed E-state index contributed by atoms with van der Waals surface area (Å²) < 4.78 is 0. The topological polar surface area (TPSA) is 58.4 Å². The second-order valence-electron chi connectivity index (χ2n) is 6.31. The molecule has 1 aliphatic heterocycles. The van der Waals surface area contributed by atoms with E-state index in [2.05, 4.69) is 26.1 Å². The monoisotopic (exact) mass is 239 g/mol. The first kappa shape index (κ1) is 12.7. The van der Waals surface area contributed by atoms with E-state index >= 15 is 0 Å². The molecule has 2 amide bonds. The zero-order valence-corrected chi connectivity index (χ0v) is 11.2. The van der Waals surface area contributed by atoms with Gasteiger partial charge in [0.1, 0.15) is 0 Å². The molecule has 4 heteroatoms. The number of carbonyl (C=O) groups excluding carboxylic acids is 1. The van der Waals surface area contributed by atoms with Gasteiger partial charge in [0.05, 0.1) is 0 Å². The number of fused-ring (bicyclic) bond motifs is 2. The van der Waals surface area contributed by atoms with Crippen LogP contribution in [-0.4, -0.2) is 35.1 Å². The molecule has 4 nitrogen and oxygen atoms in total. The summed E-state index contributed by atoms with van der Waals surface area (Å²) in [4.78, 5) is 14.3. The Kier molecular flexibility index (Phi) is 3.34. The Morgan fingerprint density at radius 1 is 1.41 bits per heavy atom. The summed E-state index contributed by atoms with van der Waals surface area (Å²) in [6.45, 7) is 7.13. The van der Waals surface area contributed by atoms with E-state index in [-0.39, 0.29) is 17.6 Å². The molecule has 2 aliphatic rings. The van der Waals surface area contributed by atoms with E-state index in [0.717, 1.165) is 32.2 Å².